The molecule has 4 rings (SSSR count). The Bertz CT molecular complexity index is 1120. The molecule has 10 heteroatoms. The van der Waals surface area contributed by atoms with Gasteiger partial charge in [-0.15, -0.1) is 5.10 Å². The summed E-state index contributed by atoms with van der Waals surface area (Å²) in [6, 6.07) is 6.55. The van der Waals surface area contributed by atoms with Crippen molar-refractivity contribution in [3.8, 4) is 5.82 Å². The molecule has 0 bridgehead atoms. The Morgan fingerprint density at radius 2 is 2.10 bits per heavy atom. The number of likely N-dealkylation sites (N-methyl/N-ethyl adjacent to an activating group) is 1. The van der Waals surface area contributed by atoms with Gasteiger partial charge < -0.3 is 15.1 Å². The highest BCUT2D eigenvalue weighted by molar-refractivity contribution is 5.95. The second kappa shape index (κ2) is 7.84. The maximum atomic E-state index is 13.9. The van der Waals surface area contributed by atoms with Crippen molar-refractivity contribution in [2.45, 2.75) is 32.2 Å². The van der Waals surface area contributed by atoms with Crippen molar-refractivity contribution < 1.29 is 13.6 Å². The third-order valence-corrected chi connectivity index (χ3v) is 5.44. The maximum absolute atomic E-state index is 13.9. The van der Waals surface area contributed by atoms with Crippen LogP contribution >= 0.6 is 0 Å². The predicted molar refractivity (Wildman–Crippen MR) is 115 cm³/mol. The van der Waals surface area contributed by atoms with Crippen LogP contribution in [0.25, 0.3) is 16.7 Å². The van der Waals surface area contributed by atoms with E-state index >= 15 is 0 Å². The number of hydrogen-bond acceptors (Lipinski definition) is 6. The lowest BCUT2D eigenvalue weighted by molar-refractivity contribution is -0.114. The van der Waals surface area contributed by atoms with Gasteiger partial charge in [-0.05, 0) is 32.6 Å². The average Bonchev–Trinajstić information content (AvgIpc) is 3.31. The minimum Gasteiger partial charge on any atom is -0.353 e. The largest absolute Gasteiger partial charge is 0.353 e. The van der Waals surface area contributed by atoms with E-state index in [1.807, 2.05) is 14.1 Å². The summed E-state index contributed by atoms with van der Waals surface area (Å²) in [5.41, 5.74) is 0.298. The second-order valence-electron chi connectivity index (χ2n) is 8.12. The van der Waals surface area contributed by atoms with Crippen molar-refractivity contribution in [3.63, 3.8) is 0 Å². The molecular weight excluding hydrogens is 404 g/mol. The molecule has 0 unspecified atom stereocenters. The molecule has 4 heterocycles. The van der Waals surface area contributed by atoms with E-state index in [2.05, 4.69) is 25.1 Å². The number of hydrogen-bond donors (Lipinski definition) is 1. The molecule has 3 aromatic rings. The van der Waals surface area contributed by atoms with Crippen LogP contribution in [0.4, 0.5) is 20.4 Å². The topological polar surface area (TPSA) is 79.2 Å². The van der Waals surface area contributed by atoms with Crippen LogP contribution in [-0.4, -0.2) is 63.8 Å². The van der Waals surface area contributed by atoms with Crippen LogP contribution in [0.3, 0.4) is 0 Å². The average molecular weight is 429 g/mol. The number of anilines is 2. The van der Waals surface area contributed by atoms with Crippen LogP contribution in [-0.2, 0) is 10.7 Å². The van der Waals surface area contributed by atoms with Gasteiger partial charge in [0.15, 0.2) is 11.6 Å². The van der Waals surface area contributed by atoms with Gasteiger partial charge in [0.25, 0.3) is 5.92 Å². The van der Waals surface area contributed by atoms with Gasteiger partial charge in [-0.1, -0.05) is 6.07 Å². The molecule has 1 aliphatic rings. The Labute approximate surface area is 178 Å². The molecule has 0 saturated carbocycles. The highest BCUT2D eigenvalue weighted by atomic mass is 19.3. The van der Waals surface area contributed by atoms with Crippen LogP contribution in [0, 0.1) is 0 Å². The van der Waals surface area contributed by atoms with Gasteiger partial charge in [0.05, 0.1) is 10.9 Å². The predicted octanol–water partition coefficient (Wildman–Crippen LogP) is 3.03. The molecule has 8 nitrogen and oxygen atoms in total. The number of carbonyl (C=O) groups excluding carboxylic acids is 1. The van der Waals surface area contributed by atoms with Gasteiger partial charge in [-0.3, -0.25) is 4.79 Å². The van der Waals surface area contributed by atoms with Crippen molar-refractivity contribution in [2.24, 2.45) is 0 Å². The molecule has 0 aromatic carbocycles. The first-order chi connectivity index (χ1) is 14.6. The summed E-state index contributed by atoms with van der Waals surface area (Å²) in [6.07, 6.45) is 2.65. The highest BCUT2D eigenvalue weighted by Gasteiger charge is 2.29. The van der Waals surface area contributed by atoms with Crippen LogP contribution in [0.15, 0.2) is 30.5 Å². The van der Waals surface area contributed by atoms with E-state index in [1.165, 1.54) is 23.7 Å². The Morgan fingerprint density at radius 3 is 2.74 bits per heavy atom. The minimum atomic E-state index is -3.07. The summed E-state index contributed by atoms with van der Waals surface area (Å²) in [7, 11) is 4.10. The minimum absolute atomic E-state index is 0.253. The number of halogens is 2. The summed E-state index contributed by atoms with van der Waals surface area (Å²) in [5.74, 6) is -1.97. The number of nitrogens with one attached hydrogen (secondary N) is 1. The van der Waals surface area contributed by atoms with Crippen molar-refractivity contribution >= 4 is 28.4 Å². The summed E-state index contributed by atoms with van der Waals surface area (Å²) in [5, 5.41) is 8.17. The van der Waals surface area contributed by atoms with Gasteiger partial charge in [0.1, 0.15) is 11.5 Å². The molecule has 31 heavy (non-hydrogen) atoms. The van der Waals surface area contributed by atoms with Gasteiger partial charge in [0, 0.05) is 45.2 Å². The molecule has 3 aromatic heterocycles. The number of carbonyl (C=O) groups is 1. The van der Waals surface area contributed by atoms with Crippen molar-refractivity contribution in [1.29, 1.82) is 0 Å². The summed E-state index contributed by atoms with van der Waals surface area (Å²) in [4.78, 5) is 24.3. The lowest BCUT2D eigenvalue weighted by Gasteiger charge is -2.20. The first kappa shape index (κ1) is 21.1. The zero-order valence-electron chi connectivity index (χ0n) is 17.9. The third kappa shape index (κ3) is 4.20. The Hall–Kier alpha value is -3.14. The SMILES string of the molecule is CC(=O)Nc1cc2c(cn1)c(N1CC[C@@H](N(C)C)C1)nn2-c1cccc(C(C)(F)F)n1. The molecule has 164 valence electrons. The molecule has 1 N–H and O–H groups in total. The smallest absolute Gasteiger partial charge is 0.287 e. The van der Waals surface area contributed by atoms with Gasteiger partial charge in [-0.25, -0.2) is 14.6 Å². The fourth-order valence-electron chi connectivity index (χ4n) is 3.79. The zero-order chi connectivity index (χ0) is 22.3. The summed E-state index contributed by atoms with van der Waals surface area (Å²) < 4.78 is 29.3. The molecule has 1 amide bonds. The van der Waals surface area contributed by atoms with E-state index < -0.39 is 5.92 Å². The van der Waals surface area contributed by atoms with Crippen molar-refractivity contribution in [1.82, 2.24) is 24.6 Å². The van der Waals surface area contributed by atoms with Crippen molar-refractivity contribution in [3.05, 3.63) is 36.2 Å². The quantitative estimate of drug-likeness (QED) is 0.672. The van der Waals surface area contributed by atoms with Crippen LogP contribution in [0.5, 0.6) is 0 Å². The summed E-state index contributed by atoms with van der Waals surface area (Å²) >= 11 is 0. The lowest BCUT2D eigenvalue weighted by atomic mass is 10.2. The zero-order valence-corrected chi connectivity index (χ0v) is 17.9. The highest BCUT2D eigenvalue weighted by Crippen LogP contribution is 2.32. The number of rotatable bonds is 5. The molecule has 1 aliphatic heterocycles. The van der Waals surface area contributed by atoms with Gasteiger partial charge in [0.2, 0.25) is 5.91 Å². The van der Waals surface area contributed by atoms with E-state index in [0.717, 1.165) is 37.6 Å². The summed E-state index contributed by atoms with van der Waals surface area (Å²) in [6.45, 7) is 3.83. The molecule has 1 saturated heterocycles. The van der Waals surface area contributed by atoms with Gasteiger partial charge >= 0.3 is 0 Å². The number of fused-ring (bicyclic) bond motifs is 1. The van der Waals surface area contributed by atoms with Crippen molar-refractivity contribution in [2.75, 3.05) is 37.4 Å². The fourth-order valence-corrected chi connectivity index (χ4v) is 3.79. The maximum Gasteiger partial charge on any atom is 0.287 e. The van der Waals surface area contributed by atoms with Crippen LogP contribution in [0.2, 0.25) is 0 Å². The monoisotopic (exact) mass is 429 g/mol. The van der Waals surface area contributed by atoms with E-state index in [1.54, 1.807) is 18.3 Å². The lowest BCUT2D eigenvalue weighted by Crippen LogP contribution is -2.31. The Morgan fingerprint density at radius 1 is 1.32 bits per heavy atom. The second-order valence-corrected chi connectivity index (χ2v) is 8.12. The van der Waals surface area contributed by atoms with E-state index in [9.17, 15) is 13.6 Å². The standard InChI is InChI=1S/C21H25F2N7O/c1-13(31)25-18-10-16-15(11-24-18)20(29-9-8-14(12-29)28(3)4)27-30(16)19-7-5-6-17(26-19)21(2,22)23/h5-7,10-11,14H,8-9,12H2,1-4H3,(H,24,25,31)/t14-/m1/s1. The number of alkyl halides is 2. The molecule has 1 fully saturated rings. The third-order valence-electron chi connectivity index (χ3n) is 5.44. The molecule has 0 radical (unpaired) electrons. The number of nitrogens with zero attached hydrogens (tertiary/aromatic N) is 6. The Kier molecular flexibility index (Phi) is 5.34. The first-order valence-electron chi connectivity index (χ1n) is 10.1. The van der Waals surface area contributed by atoms with Crippen LogP contribution < -0.4 is 10.2 Å². The molecular formula is C21H25F2N7O. The van der Waals surface area contributed by atoms with Crippen LogP contribution in [0.1, 0.15) is 26.0 Å². The molecule has 1 atom stereocenters. The molecule has 0 aliphatic carbocycles. The van der Waals surface area contributed by atoms with E-state index in [0.29, 0.717) is 17.4 Å². The van der Waals surface area contributed by atoms with E-state index in [-0.39, 0.29) is 17.4 Å². The normalized spacial score (nSPS) is 17.0. The number of pyridine rings is 2. The molecule has 0 spiro atoms. The first-order valence-corrected chi connectivity index (χ1v) is 10.1. The number of amides is 1. The van der Waals surface area contributed by atoms with Gasteiger partial charge in [-0.2, -0.15) is 8.78 Å². The number of aromatic nitrogens is 4. The fraction of sp³-hybridized carbons (Fsp3) is 0.429. The van der Waals surface area contributed by atoms with E-state index in [4.69, 9.17) is 5.10 Å². The Balaban J connectivity index is 1.85.